The second-order valence-corrected chi connectivity index (χ2v) is 8.40. The molecule has 2 aliphatic rings. The zero-order valence-electron chi connectivity index (χ0n) is 12.9. The zero-order valence-corrected chi connectivity index (χ0v) is 13.7. The molecule has 0 spiro atoms. The van der Waals surface area contributed by atoms with Gasteiger partial charge >= 0.3 is 0 Å². The van der Waals surface area contributed by atoms with Gasteiger partial charge in [-0.2, -0.15) is 9.40 Å². The van der Waals surface area contributed by atoms with Crippen LogP contribution >= 0.6 is 0 Å². The normalized spacial score (nSPS) is 20.0. The standard InChI is InChI=1S/C14H23N3O3S/c1-10(2)20-9-13-12-8-17(21(18,19)11-4-5-11)7-6-14(12)16(3)15-13/h10-11H,4-9H2,1-3H3. The Bertz CT molecular complexity index is 632. The summed E-state index contributed by atoms with van der Waals surface area (Å²) in [6.07, 6.45) is 2.48. The molecule has 6 nitrogen and oxygen atoms in total. The van der Waals surface area contributed by atoms with E-state index in [1.165, 1.54) is 0 Å². The van der Waals surface area contributed by atoms with Crippen LogP contribution in [0.1, 0.15) is 43.6 Å². The molecule has 118 valence electrons. The maximum Gasteiger partial charge on any atom is 0.217 e. The minimum atomic E-state index is -3.11. The van der Waals surface area contributed by atoms with Crippen LogP contribution in [0.15, 0.2) is 0 Å². The Kier molecular flexibility index (Phi) is 3.83. The van der Waals surface area contributed by atoms with Gasteiger partial charge in [0, 0.05) is 37.8 Å². The Balaban J connectivity index is 1.83. The van der Waals surface area contributed by atoms with Gasteiger partial charge in [-0.1, -0.05) is 0 Å². The van der Waals surface area contributed by atoms with Crippen molar-refractivity contribution >= 4 is 10.0 Å². The van der Waals surface area contributed by atoms with Crippen molar-refractivity contribution < 1.29 is 13.2 Å². The van der Waals surface area contributed by atoms with Crippen LogP contribution in [0.25, 0.3) is 0 Å². The first kappa shape index (κ1) is 15.0. The van der Waals surface area contributed by atoms with Gasteiger partial charge in [0.15, 0.2) is 0 Å². The summed E-state index contributed by atoms with van der Waals surface area (Å²) in [6.45, 7) is 5.42. The zero-order chi connectivity index (χ0) is 15.2. The van der Waals surface area contributed by atoms with E-state index in [-0.39, 0.29) is 11.4 Å². The average Bonchev–Trinajstić information content (AvgIpc) is 3.23. The average molecular weight is 313 g/mol. The first-order chi connectivity index (χ1) is 9.89. The number of hydrogen-bond donors (Lipinski definition) is 0. The van der Waals surface area contributed by atoms with Crippen LogP contribution < -0.4 is 0 Å². The van der Waals surface area contributed by atoms with E-state index >= 15 is 0 Å². The maximum atomic E-state index is 12.4. The molecule has 1 aromatic rings. The van der Waals surface area contributed by atoms with Crippen LogP contribution in [0.2, 0.25) is 0 Å². The van der Waals surface area contributed by atoms with Crippen LogP contribution in [-0.4, -0.2) is 40.4 Å². The number of nitrogens with zero attached hydrogens (tertiary/aromatic N) is 3. The van der Waals surface area contributed by atoms with Gasteiger partial charge in [0.1, 0.15) is 0 Å². The third-order valence-electron chi connectivity index (χ3n) is 4.15. The monoisotopic (exact) mass is 313 g/mol. The molecule has 0 unspecified atom stereocenters. The SMILES string of the molecule is CC(C)OCc1nn(C)c2c1CN(S(=O)(=O)C1CC1)CC2. The fourth-order valence-corrected chi connectivity index (χ4v) is 4.61. The molecule has 1 aromatic heterocycles. The van der Waals surface area contributed by atoms with Crippen LogP contribution in [0, 0.1) is 0 Å². The highest BCUT2D eigenvalue weighted by Gasteiger charge is 2.41. The Morgan fingerprint density at radius 3 is 2.71 bits per heavy atom. The number of aryl methyl sites for hydroxylation is 1. The van der Waals surface area contributed by atoms with Crippen molar-refractivity contribution in [3.63, 3.8) is 0 Å². The molecule has 0 radical (unpaired) electrons. The third kappa shape index (κ3) is 2.86. The van der Waals surface area contributed by atoms with Crippen molar-refractivity contribution in [3.05, 3.63) is 17.0 Å². The van der Waals surface area contributed by atoms with E-state index in [0.717, 1.165) is 36.2 Å². The van der Waals surface area contributed by atoms with Gasteiger partial charge in [-0.25, -0.2) is 8.42 Å². The highest BCUT2D eigenvalue weighted by atomic mass is 32.2. The Labute approximate surface area is 126 Å². The molecule has 3 rings (SSSR count). The number of sulfonamides is 1. The molecular formula is C14H23N3O3S. The van der Waals surface area contributed by atoms with E-state index in [1.54, 1.807) is 4.31 Å². The van der Waals surface area contributed by atoms with Crippen molar-refractivity contribution in [3.8, 4) is 0 Å². The van der Waals surface area contributed by atoms with Gasteiger partial charge in [-0.3, -0.25) is 4.68 Å². The summed E-state index contributed by atoms with van der Waals surface area (Å²) in [7, 11) is -1.20. The van der Waals surface area contributed by atoms with Crippen LogP contribution in [0.5, 0.6) is 0 Å². The van der Waals surface area contributed by atoms with Gasteiger partial charge in [-0.05, 0) is 26.7 Å². The lowest BCUT2D eigenvalue weighted by molar-refractivity contribution is 0.0626. The smallest absolute Gasteiger partial charge is 0.217 e. The second-order valence-electron chi connectivity index (χ2n) is 6.18. The summed E-state index contributed by atoms with van der Waals surface area (Å²) in [6, 6.07) is 0. The first-order valence-electron chi connectivity index (χ1n) is 7.53. The summed E-state index contributed by atoms with van der Waals surface area (Å²) in [4.78, 5) is 0. The van der Waals surface area contributed by atoms with Gasteiger partial charge in [-0.15, -0.1) is 0 Å². The first-order valence-corrected chi connectivity index (χ1v) is 9.04. The van der Waals surface area contributed by atoms with Crippen molar-refractivity contribution in [1.29, 1.82) is 0 Å². The number of rotatable bonds is 5. The minimum Gasteiger partial charge on any atom is -0.372 e. The Morgan fingerprint density at radius 2 is 2.10 bits per heavy atom. The quantitative estimate of drug-likeness (QED) is 0.819. The van der Waals surface area contributed by atoms with Gasteiger partial charge in [0.05, 0.1) is 23.7 Å². The molecule has 2 heterocycles. The Hall–Kier alpha value is -0.920. The van der Waals surface area contributed by atoms with Crippen molar-refractivity contribution in [2.75, 3.05) is 6.54 Å². The van der Waals surface area contributed by atoms with E-state index in [4.69, 9.17) is 4.74 Å². The molecule has 1 aliphatic heterocycles. The van der Waals surface area contributed by atoms with E-state index in [9.17, 15) is 8.42 Å². The molecule has 0 atom stereocenters. The number of ether oxygens (including phenoxy) is 1. The molecule has 0 amide bonds. The van der Waals surface area contributed by atoms with Crippen molar-refractivity contribution in [2.24, 2.45) is 7.05 Å². The summed E-state index contributed by atoms with van der Waals surface area (Å²) in [5, 5.41) is 4.36. The van der Waals surface area contributed by atoms with Gasteiger partial charge in [0.25, 0.3) is 0 Å². The van der Waals surface area contributed by atoms with E-state index in [2.05, 4.69) is 5.10 Å². The lowest BCUT2D eigenvalue weighted by Gasteiger charge is -2.27. The minimum absolute atomic E-state index is 0.137. The molecule has 0 N–H and O–H groups in total. The third-order valence-corrected chi connectivity index (χ3v) is 6.49. The molecule has 0 aromatic carbocycles. The summed E-state index contributed by atoms with van der Waals surface area (Å²) in [5.74, 6) is 0. The highest BCUT2D eigenvalue weighted by molar-refractivity contribution is 7.90. The molecule has 7 heteroatoms. The van der Waals surface area contributed by atoms with E-state index in [0.29, 0.717) is 19.7 Å². The lowest BCUT2D eigenvalue weighted by Crippen LogP contribution is -2.38. The molecule has 0 saturated heterocycles. The van der Waals surface area contributed by atoms with Gasteiger partial charge < -0.3 is 4.74 Å². The second kappa shape index (κ2) is 5.37. The van der Waals surface area contributed by atoms with E-state index < -0.39 is 10.0 Å². The predicted octanol–water partition coefficient (Wildman–Crippen LogP) is 1.20. The summed E-state index contributed by atoms with van der Waals surface area (Å²) < 4.78 is 34.0. The highest BCUT2D eigenvalue weighted by Crippen LogP contribution is 2.34. The van der Waals surface area contributed by atoms with Gasteiger partial charge in [0.2, 0.25) is 10.0 Å². The topological polar surface area (TPSA) is 64.4 Å². The van der Waals surface area contributed by atoms with Crippen LogP contribution in [-0.2, 0) is 41.4 Å². The molecule has 1 fully saturated rings. The maximum absolute atomic E-state index is 12.4. The number of hydrogen-bond acceptors (Lipinski definition) is 4. The molecule has 1 aliphatic carbocycles. The number of aromatic nitrogens is 2. The fourth-order valence-electron chi connectivity index (χ4n) is 2.80. The molecule has 21 heavy (non-hydrogen) atoms. The largest absolute Gasteiger partial charge is 0.372 e. The molecule has 1 saturated carbocycles. The van der Waals surface area contributed by atoms with Crippen LogP contribution in [0.4, 0.5) is 0 Å². The summed E-state index contributed by atoms with van der Waals surface area (Å²) in [5.41, 5.74) is 3.05. The van der Waals surface area contributed by atoms with Crippen LogP contribution in [0.3, 0.4) is 0 Å². The lowest BCUT2D eigenvalue weighted by atomic mass is 10.1. The summed E-state index contributed by atoms with van der Waals surface area (Å²) >= 11 is 0. The number of fused-ring (bicyclic) bond motifs is 1. The fraction of sp³-hybridized carbons (Fsp3) is 0.786. The van der Waals surface area contributed by atoms with Crippen molar-refractivity contribution in [1.82, 2.24) is 14.1 Å². The Morgan fingerprint density at radius 1 is 1.38 bits per heavy atom. The van der Waals surface area contributed by atoms with Crippen molar-refractivity contribution in [2.45, 2.75) is 57.6 Å². The molecular weight excluding hydrogens is 290 g/mol. The molecule has 0 bridgehead atoms. The predicted molar refractivity (Wildman–Crippen MR) is 79.2 cm³/mol. The van der Waals surface area contributed by atoms with E-state index in [1.807, 2.05) is 25.6 Å².